The molecule has 2 aliphatic rings. The molecule has 0 aliphatic heterocycles. The maximum Gasteiger partial charge on any atom is 0.339 e. The van der Waals surface area contributed by atoms with Crippen molar-refractivity contribution in [3.63, 3.8) is 0 Å². The molecule has 2 aliphatic carbocycles. The lowest BCUT2D eigenvalue weighted by molar-refractivity contribution is 0.477. The van der Waals surface area contributed by atoms with Gasteiger partial charge in [0.25, 0.3) is 10.1 Å². The standard InChI is InChI=1S/C27H30O6S2/c1-18-17-20-11-7-8-12-21(20)26(19-9-5-6-10-19)27(18)35(31,32)33-24-15-16-25(34(28,29)30)23-14-4-2-3-13-22(23)24/h7-8,11-12,15-17,19H,2-6,9-10,13-14H2,1H3,(H,28,29,30). The summed E-state index contributed by atoms with van der Waals surface area (Å²) in [4.78, 5) is 0.0667. The molecule has 6 nitrogen and oxygen atoms in total. The van der Waals surface area contributed by atoms with E-state index in [4.69, 9.17) is 4.18 Å². The van der Waals surface area contributed by atoms with Crippen LogP contribution in [-0.4, -0.2) is 21.4 Å². The molecule has 0 amide bonds. The van der Waals surface area contributed by atoms with Crippen LogP contribution in [0.5, 0.6) is 5.75 Å². The summed E-state index contributed by atoms with van der Waals surface area (Å²) in [6.45, 7) is 1.81. The average Bonchev–Trinajstić information content (AvgIpc) is 3.21. The third kappa shape index (κ3) is 4.59. The van der Waals surface area contributed by atoms with Gasteiger partial charge in [-0.1, -0.05) is 43.5 Å². The van der Waals surface area contributed by atoms with E-state index in [0.29, 0.717) is 29.5 Å². The number of hydrogen-bond acceptors (Lipinski definition) is 5. The van der Waals surface area contributed by atoms with Gasteiger partial charge in [0.2, 0.25) is 0 Å². The molecule has 1 saturated carbocycles. The summed E-state index contributed by atoms with van der Waals surface area (Å²) >= 11 is 0. The van der Waals surface area contributed by atoms with Crippen molar-refractivity contribution in [3.8, 4) is 5.75 Å². The van der Waals surface area contributed by atoms with Gasteiger partial charge in [-0.2, -0.15) is 16.8 Å². The van der Waals surface area contributed by atoms with Crippen LogP contribution in [-0.2, 0) is 33.1 Å². The van der Waals surface area contributed by atoms with Crippen LogP contribution < -0.4 is 4.18 Å². The summed E-state index contributed by atoms with van der Waals surface area (Å²) in [7, 11) is -8.64. The first-order valence-corrected chi connectivity index (χ1v) is 15.1. The summed E-state index contributed by atoms with van der Waals surface area (Å²) in [6, 6.07) is 12.4. The molecule has 1 N–H and O–H groups in total. The third-order valence-electron chi connectivity index (χ3n) is 7.42. The zero-order valence-electron chi connectivity index (χ0n) is 19.8. The number of rotatable bonds is 5. The van der Waals surface area contributed by atoms with Crippen LogP contribution >= 0.6 is 0 Å². The van der Waals surface area contributed by atoms with Gasteiger partial charge in [0.05, 0.1) is 4.90 Å². The Labute approximate surface area is 207 Å². The Kier molecular flexibility index (Phi) is 6.40. The second-order valence-corrected chi connectivity index (χ2v) is 12.6. The average molecular weight is 515 g/mol. The molecule has 186 valence electrons. The highest BCUT2D eigenvalue weighted by atomic mass is 32.2. The number of benzene rings is 3. The minimum absolute atomic E-state index is 0.146. The van der Waals surface area contributed by atoms with E-state index < -0.39 is 20.2 Å². The van der Waals surface area contributed by atoms with Crippen LogP contribution in [0.2, 0.25) is 0 Å². The Morgan fingerprint density at radius 1 is 0.857 bits per heavy atom. The molecule has 0 bridgehead atoms. The summed E-state index contributed by atoms with van der Waals surface area (Å²) < 4.78 is 67.4. The van der Waals surface area contributed by atoms with Crippen molar-refractivity contribution in [2.45, 2.75) is 80.4 Å². The van der Waals surface area contributed by atoms with Crippen molar-refractivity contribution < 1.29 is 25.6 Å². The normalized spacial score (nSPS) is 17.3. The van der Waals surface area contributed by atoms with E-state index in [-0.39, 0.29) is 21.5 Å². The molecule has 1 fully saturated rings. The summed E-state index contributed by atoms with van der Waals surface area (Å²) in [5.41, 5.74) is 2.50. The van der Waals surface area contributed by atoms with Crippen LogP contribution in [0, 0.1) is 6.92 Å². The van der Waals surface area contributed by atoms with E-state index >= 15 is 0 Å². The highest BCUT2D eigenvalue weighted by molar-refractivity contribution is 7.87. The lowest BCUT2D eigenvalue weighted by Gasteiger charge is -2.22. The third-order valence-corrected chi connectivity index (χ3v) is 9.79. The van der Waals surface area contributed by atoms with E-state index in [1.807, 2.05) is 37.3 Å². The first kappa shape index (κ1) is 24.3. The first-order valence-electron chi connectivity index (χ1n) is 12.3. The molecule has 3 aromatic rings. The lowest BCUT2D eigenvalue weighted by atomic mass is 9.90. The van der Waals surface area contributed by atoms with Gasteiger partial charge >= 0.3 is 10.1 Å². The van der Waals surface area contributed by atoms with Crippen LogP contribution in [0.1, 0.15) is 73.1 Å². The van der Waals surface area contributed by atoms with Crippen LogP contribution in [0.4, 0.5) is 0 Å². The number of fused-ring (bicyclic) bond motifs is 2. The number of hydrogen-bond donors (Lipinski definition) is 1. The van der Waals surface area contributed by atoms with Crippen molar-refractivity contribution in [1.82, 2.24) is 0 Å². The molecule has 5 rings (SSSR count). The van der Waals surface area contributed by atoms with Gasteiger partial charge in [0.15, 0.2) is 0 Å². The van der Waals surface area contributed by atoms with E-state index in [1.165, 1.54) is 12.1 Å². The maximum atomic E-state index is 13.9. The Hall–Kier alpha value is -2.42. The molecule has 0 saturated heterocycles. The Morgan fingerprint density at radius 3 is 2.26 bits per heavy atom. The van der Waals surface area contributed by atoms with E-state index in [9.17, 15) is 21.4 Å². The van der Waals surface area contributed by atoms with Gasteiger partial charge < -0.3 is 4.18 Å². The van der Waals surface area contributed by atoms with Crippen LogP contribution in [0.3, 0.4) is 0 Å². The van der Waals surface area contributed by atoms with Crippen molar-refractivity contribution >= 4 is 31.0 Å². The van der Waals surface area contributed by atoms with Crippen molar-refractivity contribution in [2.75, 3.05) is 0 Å². The summed E-state index contributed by atoms with van der Waals surface area (Å²) in [5, 5.41) is 1.95. The Bertz CT molecular complexity index is 1500. The first-order chi connectivity index (χ1) is 16.7. The second-order valence-electron chi connectivity index (χ2n) is 9.73. The smallest absolute Gasteiger partial charge is 0.339 e. The SMILES string of the molecule is Cc1cc2ccccc2c(C2CCCC2)c1S(=O)(=O)Oc1ccc(S(=O)(=O)O)c2c1CCCCC2. The topological polar surface area (TPSA) is 97.7 Å². The molecular weight excluding hydrogens is 484 g/mol. The van der Waals surface area contributed by atoms with Gasteiger partial charge in [-0.3, -0.25) is 4.55 Å². The predicted octanol–water partition coefficient (Wildman–Crippen LogP) is 6.09. The van der Waals surface area contributed by atoms with Crippen LogP contribution in [0.15, 0.2) is 52.3 Å². The molecule has 0 spiro atoms. The monoisotopic (exact) mass is 514 g/mol. The molecule has 0 radical (unpaired) electrons. The molecule has 8 heteroatoms. The lowest BCUT2D eigenvalue weighted by Crippen LogP contribution is -2.17. The molecule has 3 aromatic carbocycles. The zero-order valence-corrected chi connectivity index (χ0v) is 21.4. The Balaban J connectivity index is 1.67. The molecule has 0 unspecified atom stereocenters. The minimum Gasteiger partial charge on any atom is -0.379 e. The highest BCUT2D eigenvalue weighted by Gasteiger charge is 2.32. The highest BCUT2D eigenvalue weighted by Crippen LogP contribution is 2.43. The van der Waals surface area contributed by atoms with E-state index in [0.717, 1.165) is 61.3 Å². The molecule has 0 atom stereocenters. The van der Waals surface area contributed by atoms with Crippen LogP contribution in [0.25, 0.3) is 10.8 Å². The van der Waals surface area contributed by atoms with Crippen molar-refractivity contribution in [2.24, 2.45) is 0 Å². The fraction of sp³-hybridized carbons (Fsp3) is 0.407. The zero-order chi connectivity index (χ0) is 24.8. The van der Waals surface area contributed by atoms with Gasteiger partial charge in [0.1, 0.15) is 10.6 Å². The molecular formula is C27H30O6S2. The summed E-state index contributed by atoms with van der Waals surface area (Å²) in [5.74, 6) is 0.298. The number of aryl methyl sites for hydroxylation is 1. The summed E-state index contributed by atoms with van der Waals surface area (Å²) in [6.07, 6.45) is 7.40. The van der Waals surface area contributed by atoms with Crippen molar-refractivity contribution in [3.05, 3.63) is 64.7 Å². The largest absolute Gasteiger partial charge is 0.379 e. The van der Waals surface area contributed by atoms with E-state index in [1.54, 1.807) is 0 Å². The quantitative estimate of drug-likeness (QED) is 0.251. The van der Waals surface area contributed by atoms with Crippen molar-refractivity contribution in [1.29, 1.82) is 0 Å². The van der Waals surface area contributed by atoms with Gasteiger partial charge in [-0.05, 0) is 97.0 Å². The Morgan fingerprint density at radius 2 is 1.54 bits per heavy atom. The van der Waals surface area contributed by atoms with Gasteiger partial charge in [0, 0.05) is 5.56 Å². The molecule has 0 heterocycles. The second kappa shape index (κ2) is 9.22. The van der Waals surface area contributed by atoms with Gasteiger partial charge in [-0.15, -0.1) is 0 Å². The maximum absolute atomic E-state index is 13.9. The fourth-order valence-electron chi connectivity index (χ4n) is 5.91. The van der Waals surface area contributed by atoms with E-state index in [2.05, 4.69) is 0 Å². The molecule has 35 heavy (non-hydrogen) atoms. The molecule has 0 aromatic heterocycles. The minimum atomic E-state index is -4.43. The van der Waals surface area contributed by atoms with Gasteiger partial charge in [-0.25, -0.2) is 0 Å². The fourth-order valence-corrected chi connectivity index (χ4v) is 8.16. The predicted molar refractivity (Wildman–Crippen MR) is 135 cm³/mol.